The fourth-order valence-electron chi connectivity index (χ4n) is 2.79. The number of carboxylic acid groups (broad SMARTS) is 2. The number of rotatable bonds is 4. The molecule has 1 aliphatic rings. The molecule has 2 aromatic rings. The van der Waals surface area contributed by atoms with Crippen molar-refractivity contribution in [2.75, 3.05) is 37.6 Å². The Labute approximate surface area is 195 Å². The first-order valence-electron chi connectivity index (χ1n) is 10.0. The van der Waals surface area contributed by atoms with Gasteiger partial charge in [-0.05, 0) is 25.5 Å². The van der Waals surface area contributed by atoms with Gasteiger partial charge in [0.15, 0.2) is 0 Å². The van der Waals surface area contributed by atoms with Crippen LogP contribution in [0.25, 0.3) is 0 Å². The van der Waals surface area contributed by atoms with Gasteiger partial charge in [-0.3, -0.25) is 4.90 Å². The average molecular weight is 514 g/mol. The Morgan fingerprint density at radius 2 is 1.51 bits per heavy atom. The number of aliphatic carboxylic acids is 2. The van der Waals surface area contributed by atoms with Crippen LogP contribution in [0.15, 0.2) is 28.9 Å². The smallest absolute Gasteiger partial charge is 0.475 e. The highest BCUT2D eigenvalue weighted by Crippen LogP contribution is 2.18. The Morgan fingerprint density at radius 3 is 1.91 bits per heavy atom. The Balaban J connectivity index is 0.000000362. The molecule has 35 heavy (non-hydrogen) atoms. The molecule has 3 rings (SSSR count). The van der Waals surface area contributed by atoms with Gasteiger partial charge in [0.2, 0.25) is 0 Å². The lowest BCUT2D eigenvalue weighted by Gasteiger charge is -2.35. The molecule has 0 aromatic carbocycles. The van der Waals surface area contributed by atoms with Gasteiger partial charge in [-0.1, -0.05) is 11.2 Å². The van der Waals surface area contributed by atoms with E-state index in [0.717, 1.165) is 56.4 Å². The molecule has 0 bridgehead atoms. The number of piperazine rings is 1. The highest BCUT2D eigenvalue weighted by molar-refractivity contribution is 5.73. The molecular formula is C20H24F6N4O5. The molecule has 0 spiro atoms. The average Bonchev–Trinajstić information content (AvgIpc) is 3.18. The van der Waals surface area contributed by atoms with Gasteiger partial charge in [0.25, 0.3) is 0 Å². The maximum Gasteiger partial charge on any atom is 0.490 e. The summed E-state index contributed by atoms with van der Waals surface area (Å²) in [6, 6.07) is 6.14. The summed E-state index contributed by atoms with van der Waals surface area (Å²) in [4.78, 5) is 27.2. The summed E-state index contributed by atoms with van der Waals surface area (Å²) < 4.78 is 68.7. The van der Waals surface area contributed by atoms with Crippen LogP contribution >= 0.6 is 0 Å². The number of pyridine rings is 1. The second-order valence-corrected chi connectivity index (χ2v) is 7.26. The van der Waals surface area contributed by atoms with Crippen molar-refractivity contribution in [3.05, 3.63) is 41.4 Å². The summed E-state index contributed by atoms with van der Waals surface area (Å²) in [6.07, 6.45) is -7.36. The first kappa shape index (κ1) is 29.7. The molecule has 1 saturated heterocycles. The van der Waals surface area contributed by atoms with Gasteiger partial charge in [-0.25, -0.2) is 14.6 Å². The summed E-state index contributed by atoms with van der Waals surface area (Å²) >= 11 is 0. The third-order valence-corrected chi connectivity index (χ3v) is 4.49. The molecule has 0 aliphatic carbocycles. The van der Waals surface area contributed by atoms with E-state index in [1.807, 2.05) is 25.3 Å². The van der Waals surface area contributed by atoms with Crippen molar-refractivity contribution in [2.24, 2.45) is 0 Å². The van der Waals surface area contributed by atoms with Crippen LogP contribution in [0.5, 0.6) is 0 Å². The SMILES string of the molecule is Cc1cc(CCN2CCN(c3ncccc3C)CC2)on1.O=C(O)C(F)(F)F.O=C(O)C(F)(F)F. The molecule has 0 amide bonds. The third-order valence-electron chi connectivity index (χ3n) is 4.49. The number of hydrogen-bond acceptors (Lipinski definition) is 7. The minimum absolute atomic E-state index is 0.934. The van der Waals surface area contributed by atoms with E-state index < -0.39 is 24.3 Å². The van der Waals surface area contributed by atoms with Gasteiger partial charge < -0.3 is 19.6 Å². The minimum Gasteiger partial charge on any atom is -0.475 e. The second-order valence-electron chi connectivity index (χ2n) is 7.26. The molecule has 0 saturated carbocycles. The lowest BCUT2D eigenvalue weighted by molar-refractivity contribution is -0.193. The van der Waals surface area contributed by atoms with E-state index in [1.165, 1.54) is 5.56 Å². The van der Waals surface area contributed by atoms with Crippen LogP contribution < -0.4 is 4.90 Å². The van der Waals surface area contributed by atoms with E-state index in [2.05, 4.69) is 32.9 Å². The number of halogens is 6. The van der Waals surface area contributed by atoms with E-state index in [-0.39, 0.29) is 0 Å². The molecular weight excluding hydrogens is 490 g/mol. The van der Waals surface area contributed by atoms with Crippen LogP contribution in [0.3, 0.4) is 0 Å². The van der Waals surface area contributed by atoms with Gasteiger partial charge in [-0.2, -0.15) is 26.3 Å². The summed E-state index contributed by atoms with van der Waals surface area (Å²) in [6.45, 7) is 9.33. The summed E-state index contributed by atoms with van der Waals surface area (Å²) in [5.41, 5.74) is 2.21. The molecule has 3 heterocycles. The van der Waals surface area contributed by atoms with Crippen LogP contribution in [0.1, 0.15) is 17.0 Å². The highest BCUT2D eigenvalue weighted by Gasteiger charge is 2.38. The molecule has 2 N–H and O–H groups in total. The monoisotopic (exact) mass is 514 g/mol. The quantitative estimate of drug-likeness (QED) is 0.592. The number of hydrogen-bond donors (Lipinski definition) is 2. The molecule has 15 heteroatoms. The van der Waals surface area contributed by atoms with Crippen LogP contribution in [-0.4, -0.2) is 82.3 Å². The van der Waals surface area contributed by atoms with Crippen molar-refractivity contribution in [2.45, 2.75) is 32.6 Å². The van der Waals surface area contributed by atoms with Crippen molar-refractivity contribution >= 4 is 17.8 Å². The van der Waals surface area contributed by atoms with Gasteiger partial charge in [0, 0.05) is 51.4 Å². The van der Waals surface area contributed by atoms with Crippen LogP contribution in [0.2, 0.25) is 0 Å². The van der Waals surface area contributed by atoms with Crippen molar-refractivity contribution in [3.8, 4) is 0 Å². The number of carboxylic acids is 2. The first-order valence-corrected chi connectivity index (χ1v) is 10.0. The van der Waals surface area contributed by atoms with Crippen molar-refractivity contribution in [3.63, 3.8) is 0 Å². The molecule has 2 aromatic heterocycles. The zero-order valence-electron chi connectivity index (χ0n) is 18.7. The fraction of sp³-hybridized carbons (Fsp3) is 0.500. The zero-order chi connectivity index (χ0) is 26.8. The fourth-order valence-corrected chi connectivity index (χ4v) is 2.79. The predicted octanol–water partition coefficient (Wildman–Crippen LogP) is 3.32. The maximum atomic E-state index is 10.6. The number of carbonyl (C=O) groups is 2. The van der Waals surface area contributed by atoms with Crippen LogP contribution in [0.4, 0.5) is 32.2 Å². The maximum absolute atomic E-state index is 10.6. The Morgan fingerprint density at radius 1 is 1.00 bits per heavy atom. The standard InChI is InChI=1S/C16H22N4O.2C2HF3O2/c1-13-4-3-6-17-16(13)20-10-8-19(9-11-20)7-5-15-12-14(2)18-21-15;2*3-2(4,5)1(6)7/h3-4,6,12H,5,7-11H2,1-2H3;2*(H,6,7). The Hall–Kier alpha value is -3.36. The van der Waals surface area contributed by atoms with E-state index in [1.54, 1.807) is 0 Å². The Bertz CT molecular complexity index is 932. The van der Waals surface area contributed by atoms with Crippen molar-refractivity contribution < 1.29 is 50.7 Å². The minimum atomic E-state index is -5.08. The van der Waals surface area contributed by atoms with Gasteiger partial charge in [-0.15, -0.1) is 0 Å². The van der Waals surface area contributed by atoms with E-state index >= 15 is 0 Å². The number of nitrogens with zero attached hydrogens (tertiary/aromatic N) is 4. The first-order chi connectivity index (χ1) is 16.1. The molecule has 0 unspecified atom stereocenters. The van der Waals surface area contributed by atoms with Gasteiger partial charge in [0.1, 0.15) is 11.6 Å². The van der Waals surface area contributed by atoms with Crippen molar-refractivity contribution in [1.29, 1.82) is 0 Å². The van der Waals surface area contributed by atoms with E-state index in [0.29, 0.717) is 0 Å². The molecule has 1 fully saturated rings. The Kier molecular flexibility index (Phi) is 11.0. The van der Waals surface area contributed by atoms with Gasteiger partial charge >= 0.3 is 24.3 Å². The normalized spacial score (nSPS) is 14.3. The predicted molar refractivity (Wildman–Crippen MR) is 110 cm³/mol. The third kappa shape index (κ3) is 11.1. The second kappa shape index (κ2) is 12.9. The highest BCUT2D eigenvalue weighted by atomic mass is 19.4. The van der Waals surface area contributed by atoms with E-state index in [9.17, 15) is 26.3 Å². The van der Waals surface area contributed by atoms with Crippen LogP contribution in [-0.2, 0) is 16.0 Å². The lowest BCUT2D eigenvalue weighted by Crippen LogP contribution is -2.47. The van der Waals surface area contributed by atoms with Crippen LogP contribution in [0, 0.1) is 13.8 Å². The lowest BCUT2D eigenvalue weighted by atomic mass is 10.2. The topological polar surface area (TPSA) is 120 Å². The molecule has 0 atom stereocenters. The largest absolute Gasteiger partial charge is 0.490 e. The van der Waals surface area contributed by atoms with E-state index in [4.69, 9.17) is 24.3 Å². The molecule has 196 valence electrons. The number of aryl methyl sites for hydroxylation is 2. The van der Waals surface area contributed by atoms with Crippen molar-refractivity contribution in [1.82, 2.24) is 15.0 Å². The summed E-state index contributed by atoms with van der Waals surface area (Å²) in [7, 11) is 0. The number of alkyl halides is 6. The summed E-state index contributed by atoms with van der Waals surface area (Å²) in [5.74, 6) is -3.40. The molecule has 1 aliphatic heterocycles. The number of aromatic nitrogens is 2. The molecule has 9 nitrogen and oxygen atoms in total. The summed E-state index contributed by atoms with van der Waals surface area (Å²) in [5, 5.41) is 18.2. The zero-order valence-corrected chi connectivity index (χ0v) is 18.7. The van der Waals surface area contributed by atoms with Gasteiger partial charge in [0.05, 0.1) is 5.69 Å². The molecule has 0 radical (unpaired) electrons. The number of anilines is 1.